The van der Waals surface area contributed by atoms with Crippen LogP contribution in [0, 0.1) is 5.41 Å². The first-order valence-corrected chi connectivity index (χ1v) is 9.39. The van der Waals surface area contributed by atoms with Crippen LogP contribution in [0.4, 0.5) is 5.69 Å². The molecule has 0 saturated carbocycles. The largest absolute Gasteiger partial charge is 0.385 e. The van der Waals surface area contributed by atoms with Gasteiger partial charge in [-0.1, -0.05) is 50.7 Å². The van der Waals surface area contributed by atoms with Crippen molar-refractivity contribution < 1.29 is 4.79 Å². The summed E-state index contributed by atoms with van der Waals surface area (Å²) in [4.78, 5) is 16.3. The van der Waals surface area contributed by atoms with E-state index in [-0.39, 0.29) is 39.1 Å². The first-order valence-electron chi connectivity index (χ1n) is 8.51. The number of anilines is 1. The molecule has 4 nitrogen and oxygen atoms in total. The Labute approximate surface area is 166 Å². The van der Waals surface area contributed by atoms with Crippen molar-refractivity contribution in [1.29, 1.82) is 0 Å². The number of thioether (sulfide) groups is 1. The minimum Gasteiger partial charge on any atom is -0.385 e. The van der Waals surface area contributed by atoms with Crippen LogP contribution in [-0.4, -0.2) is 28.4 Å². The number of rotatable bonds is 6. The summed E-state index contributed by atoms with van der Waals surface area (Å²) in [5.41, 5.74) is 1.23. The normalized spacial score (nSPS) is 17.7. The van der Waals surface area contributed by atoms with Crippen LogP contribution in [0.5, 0.6) is 0 Å². The Kier molecular flexibility index (Phi) is 8.00. The summed E-state index contributed by atoms with van der Waals surface area (Å²) >= 11 is 1.56. The molecule has 1 heterocycles. The number of carbonyl (C=O) groups excluding carboxylic acids is 1. The van der Waals surface area contributed by atoms with Gasteiger partial charge >= 0.3 is 0 Å². The number of amides is 1. The van der Waals surface area contributed by atoms with E-state index >= 15 is 0 Å². The van der Waals surface area contributed by atoms with Gasteiger partial charge in [0.05, 0.1) is 5.25 Å². The van der Waals surface area contributed by atoms with Gasteiger partial charge in [-0.05, 0) is 44.2 Å². The second-order valence-electron chi connectivity index (χ2n) is 8.19. The molecule has 1 aromatic rings. The van der Waals surface area contributed by atoms with Gasteiger partial charge in [-0.25, -0.2) is 0 Å². The van der Waals surface area contributed by atoms with E-state index in [9.17, 15) is 4.79 Å². The number of carbonyl (C=O) groups is 1. The molecule has 0 radical (unpaired) electrons. The molecular formula is C19H30BrN3OS. The van der Waals surface area contributed by atoms with Crippen molar-refractivity contribution in [2.24, 2.45) is 10.4 Å². The highest BCUT2D eigenvalue weighted by Crippen LogP contribution is 2.30. The Morgan fingerprint density at radius 3 is 2.36 bits per heavy atom. The number of amidine groups is 1. The van der Waals surface area contributed by atoms with E-state index in [1.807, 2.05) is 30.3 Å². The van der Waals surface area contributed by atoms with Gasteiger partial charge in [-0.15, -0.1) is 17.0 Å². The first-order chi connectivity index (χ1) is 11.1. The molecule has 6 heteroatoms. The van der Waals surface area contributed by atoms with Crippen molar-refractivity contribution in [3.8, 4) is 0 Å². The van der Waals surface area contributed by atoms with Crippen LogP contribution in [0.2, 0.25) is 0 Å². The lowest BCUT2D eigenvalue weighted by atomic mass is 9.82. The second-order valence-corrected chi connectivity index (χ2v) is 9.38. The minimum atomic E-state index is -0.0888. The van der Waals surface area contributed by atoms with E-state index in [1.165, 1.54) is 0 Å². The summed E-state index contributed by atoms with van der Waals surface area (Å²) in [5.74, 6) is -0.0241. The molecule has 0 aliphatic carbocycles. The second kappa shape index (κ2) is 9.08. The van der Waals surface area contributed by atoms with Gasteiger partial charge in [-0.3, -0.25) is 4.79 Å². The third-order valence-corrected chi connectivity index (χ3v) is 4.81. The molecule has 0 aromatic heterocycles. The van der Waals surface area contributed by atoms with E-state index in [4.69, 9.17) is 0 Å². The molecule has 1 atom stereocenters. The minimum absolute atomic E-state index is 0. The molecule has 0 saturated heterocycles. The average Bonchev–Trinajstić information content (AvgIpc) is 2.76. The van der Waals surface area contributed by atoms with Crippen molar-refractivity contribution in [3.05, 3.63) is 30.3 Å². The quantitative estimate of drug-likeness (QED) is 0.679. The van der Waals surface area contributed by atoms with Crippen molar-refractivity contribution in [1.82, 2.24) is 5.32 Å². The molecule has 2 rings (SSSR count). The van der Waals surface area contributed by atoms with Gasteiger partial charge in [0.15, 0.2) is 5.17 Å². The molecule has 1 amide bonds. The van der Waals surface area contributed by atoms with Gasteiger partial charge < -0.3 is 10.6 Å². The SMILES string of the molecule is Br.CC(C)(C)CC(C)(C)NC1=NC(=O)C(CCNc2ccccc2)S1. The first kappa shape index (κ1) is 22.0. The average molecular weight is 428 g/mol. The maximum absolute atomic E-state index is 12.1. The molecule has 0 fully saturated rings. The number of halogens is 1. The zero-order valence-electron chi connectivity index (χ0n) is 15.8. The van der Waals surface area contributed by atoms with Crippen LogP contribution < -0.4 is 10.6 Å². The van der Waals surface area contributed by atoms with Crippen molar-refractivity contribution >= 4 is 45.5 Å². The fraction of sp³-hybridized carbons (Fsp3) is 0.579. The van der Waals surface area contributed by atoms with E-state index in [0.29, 0.717) is 0 Å². The molecule has 1 unspecified atom stereocenters. The van der Waals surface area contributed by atoms with Gasteiger partial charge in [0.25, 0.3) is 5.91 Å². The number of benzene rings is 1. The smallest absolute Gasteiger partial charge is 0.261 e. The maximum Gasteiger partial charge on any atom is 0.261 e. The van der Waals surface area contributed by atoms with Crippen molar-refractivity contribution in [3.63, 3.8) is 0 Å². The Balaban J connectivity index is 0.00000312. The zero-order chi connectivity index (χ0) is 17.8. The molecule has 25 heavy (non-hydrogen) atoms. The van der Waals surface area contributed by atoms with E-state index < -0.39 is 0 Å². The van der Waals surface area contributed by atoms with Crippen LogP contribution in [0.3, 0.4) is 0 Å². The van der Waals surface area contributed by atoms with Gasteiger partial charge in [-0.2, -0.15) is 4.99 Å². The Bertz CT molecular complexity index is 596. The molecule has 1 aromatic carbocycles. The highest BCUT2D eigenvalue weighted by atomic mass is 79.9. The molecule has 1 aliphatic rings. The number of hydrogen-bond donors (Lipinski definition) is 2. The van der Waals surface area contributed by atoms with Crippen molar-refractivity contribution in [2.45, 2.75) is 58.2 Å². The lowest BCUT2D eigenvalue weighted by Crippen LogP contribution is -2.44. The van der Waals surface area contributed by atoms with Crippen LogP contribution in [0.25, 0.3) is 0 Å². The predicted molar refractivity (Wildman–Crippen MR) is 115 cm³/mol. The third kappa shape index (κ3) is 7.82. The van der Waals surface area contributed by atoms with Gasteiger partial charge in [0.1, 0.15) is 0 Å². The lowest BCUT2D eigenvalue weighted by molar-refractivity contribution is -0.117. The Hall–Kier alpha value is -1.01. The maximum atomic E-state index is 12.1. The molecule has 1 aliphatic heterocycles. The summed E-state index contributed by atoms with van der Waals surface area (Å²) < 4.78 is 0. The van der Waals surface area contributed by atoms with E-state index in [1.54, 1.807) is 11.8 Å². The lowest BCUT2D eigenvalue weighted by Gasteiger charge is -2.33. The summed E-state index contributed by atoms with van der Waals surface area (Å²) in [6.45, 7) is 11.8. The predicted octanol–water partition coefficient (Wildman–Crippen LogP) is 4.87. The van der Waals surface area contributed by atoms with Crippen molar-refractivity contribution in [2.75, 3.05) is 11.9 Å². The monoisotopic (exact) mass is 427 g/mol. The Morgan fingerprint density at radius 1 is 1.12 bits per heavy atom. The summed E-state index contributed by atoms with van der Waals surface area (Å²) in [5, 5.41) is 7.48. The summed E-state index contributed by atoms with van der Waals surface area (Å²) in [6, 6.07) is 10.1. The standard InChI is InChI=1S/C19H29N3OS.BrH/c1-18(2,3)13-19(4,5)22-17-21-16(23)15(24-17)11-12-20-14-9-7-6-8-10-14;/h6-10,15,20H,11-13H2,1-5H3,(H,21,22,23);1H. The van der Waals surface area contributed by atoms with Gasteiger partial charge in [0, 0.05) is 17.8 Å². The fourth-order valence-electron chi connectivity index (χ4n) is 3.19. The van der Waals surface area contributed by atoms with E-state index in [2.05, 4.69) is 50.2 Å². The highest BCUT2D eigenvalue weighted by molar-refractivity contribution is 8.93. The number of para-hydroxylation sites is 1. The molecule has 140 valence electrons. The fourth-order valence-corrected chi connectivity index (χ4v) is 4.32. The molecule has 0 bridgehead atoms. The van der Waals surface area contributed by atoms with Crippen LogP contribution in [-0.2, 0) is 4.79 Å². The number of nitrogens with zero attached hydrogens (tertiary/aromatic N) is 1. The zero-order valence-corrected chi connectivity index (χ0v) is 18.3. The number of hydrogen-bond acceptors (Lipinski definition) is 4. The third-order valence-electron chi connectivity index (χ3n) is 3.67. The van der Waals surface area contributed by atoms with Gasteiger partial charge in [0.2, 0.25) is 0 Å². The molecular weight excluding hydrogens is 398 g/mol. The number of aliphatic imine (C=N–C) groups is 1. The molecule has 0 spiro atoms. The number of nitrogens with one attached hydrogen (secondary N) is 2. The van der Waals surface area contributed by atoms with Crippen LogP contribution in [0.1, 0.15) is 47.5 Å². The highest BCUT2D eigenvalue weighted by Gasteiger charge is 2.32. The Morgan fingerprint density at radius 2 is 1.76 bits per heavy atom. The summed E-state index contributed by atoms with van der Waals surface area (Å²) in [7, 11) is 0. The molecule has 2 N–H and O–H groups in total. The summed E-state index contributed by atoms with van der Waals surface area (Å²) in [6.07, 6.45) is 1.78. The topological polar surface area (TPSA) is 53.5 Å². The van der Waals surface area contributed by atoms with Crippen LogP contribution >= 0.6 is 28.7 Å². The van der Waals surface area contributed by atoms with E-state index in [0.717, 1.165) is 30.2 Å². The van der Waals surface area contributed by atoms with Crippen LogP contribution in [0.15, 0.2) is 35.3 Å².